The van der Waals surface area contributed by atoms with Gasteiger partial charge in [-0.05, 0) is 36.8 Å². The molecule has 224 valence electrons. The molecule has 0 atom stereocenters. The second-order valence-corrected chi connectivity index (χ2v) is 11.5. The summed E-state index contributed by atoms with van der Waals surface area (Å²) in [5.74, 6) is 0.995. The van der Waals surface area contributed by atoms with Crippen LogP contribution in [0.1, 0.15) is 115 Å². The lowest BCUT2D eigenvalue weighted by Crippen LogP contribution is -2.31. The van der Waals surface area contributed by atoms with E-state index >= 15 is 0 Å². The lowest BCUT2D eigenvalue weighted by atomic mass is 10.0. The van der Waals surface area contributed by atoms with Gasteiger partial charge in [0.2, 0.25) is 11.0 Å². The predicted molar refractivity (Wildman–Crippen MR) is 163 cm³/mol. The minimum absolute atomic E-state index is 0.835. The molecular formula is C32H48BF4NOS. The number of halogens is 4. The van der Waals surface area contributed by atoms with Crippen molar-refractivity contribution >= 4 is 28.8 Å². The molecular weight excluding hydrogens is 533 g/mol. The number of nitrogens with zero attached hydrogens (tertiary/aromatic N) is 1. The molecule has 1 aromatic heterocycles. The third-order valence-electron chi connectivity index (χ3n) is 7.02. The maximum absolute atomic E-state index is 9.75. The van der Waals surface area contributed by atoms with Crippen LogP contribution in [0.4, 0.5) is 17.3 Å². The van der Waals surface area contributed by atoms with Gasteiger partial charge in [0.15, 0.2) is 6.54 Å². The number of hydrogen-bond donors (Lipinski definition) is 0. The van der Waals surface area contributed by atoms with Crippen LogP contribution >= 0.6 is 11.3 Å². The zero-order valence-electron chi connectivity index (χ0n) is 24.3. The van der Waals surface area contributed by atoms with Crippen LogP contribution in [0.15, 0.2) is 54.0 Å². The van der Waals surface area contributed by atoms with E-state index in [1.54, 1.807) is 11.3 Å². The summed E-state index contributed by atoms with van der Waals surface area (Å²) >= 11 is 1.80. The molecule has 2 aromatic carbocycles. The average molecular weight is 582 g/mol. The third-order valence-corrected chi connectivity index (χ3v) is 7.98. The van der Waals surface area contributed by atoms with E-state index in [1.165, 1.54) is 112 Å². The fourth-order valence-corrected chi connectivity index (χ4v) is 5.71. The number of ether oxygens (including phenoxy) is 1. The van der Waals surface area contributed by atoms with Crippen LogP contribution in [0.2, 0.25) is 0 Å². The maximum Gasteiger partial charge on any atom is 0.673 e. The number of aromatic nitrogens is 1. The van der Waals surface area contributed by atoms with E-state index in [0.29, 0.717) is 0 Å². The quantitative estimate of drug-likeness (QED) is 0.0560. The van der Waals surface area contributed by atoms with Crippen molar-refractivity contribution in [3.05, 3.63) is 59.6 Å². The van der Waals surface area contributed by atoms with Gasteiger partial charge in [-0.1, -0.05) is 127 Å². The summed E-state index contributed by atoms with van der Waals surface area (Å²) in [6, 6.07) is 17.2. The van der Waals surface area contributed by atoms with Crippen LogP contribution in [0.5, 0.6) is 5.75 Å². The molecule has 0 radical (unpaired) electrons. The van der Waals surface area contributed by atoms with Crippen LogP contribution in [0.3, 0.4) is 0 Å². The van der Waals surface area contributed by atoms with Crippen molar-refractivity contribution in [2.75, 3.05) is 6.61 Å². The van der Waals surface area contributed by atoms with Crippen LogP contribution in [-0.4, -0.2) is 13.9 Å². The molecule has 0 N–H and O–H groups in total. The Hall–Kier alpha value is -2.09. The lowest BCUT2D eigenvalue weighted by molar-refractivity contribution is -0.658. The Kier molecular flexibility index (Phi) is 17.7. The molecule has 0 spiro atoms. The number of para-hydroxylation sites is 1. The van der Waals surface area contributed by atoms with E-state index in [0.717, 1.165) is 25.3 Å². The van der Waals surface area contributed by atoms with Gasteiger partial charge in [-0.25, -0.2) is 0 Å². The second-order valence-electron chi connectivity index (χ2n) is 10.6. The van der Waals surface area contributed by atoms with Gasteiger partial charge in [0, 0.05) is 11.6 Å². The molecule has 3 rings (SSSR count). The summed E-state index contributed by atoms with van der Waals surface area (Å²) in [6.07, 6.45) is 22.4. The molecule has 0 amide bonds. The highest BCUT2D eigenvalue weighted by Gasteiger charge is 2.20. The van der Waals surface area contributed by atoms with Crippen molar-refractivity contribution in [1.82, 2.24) is 0 Å². The standard InChI is InChI=1S/C32H48NOS.BF4/c1-2-3-4-5-6-7-8-9-10-11-12-13-14-15-16-19-26-34-30-24-22-29(23-25-30)27-33-28-35-32-21-18-17-20-31(32)33;2-1(3,4)5/h17-18,20-25,28H,2-16,19,26-27H2,1H3;/q+1;-1. The van der Waals surface area contributed by atoms with E-state index in [4.69, 9.17) is 4.74 Å². The summed E-state index contributed by atoms with van der Waals surface area (Å²) in [7, 11) is -6.00. The monoisotopic (exact) mass is 581 g/mol. The van der Waals surface area contributed by atoms with Gasteiger partial charge in [0.1, 0.15) is 10.4 Å². The average Bonchev–Trinajstić information content (AvgIpc) is 3.33. The van der Waals surface area contributed by atoms with E-state index in [1.807, 2.05) is 0 Å². The summed E-state index contributed by atoms with van der Waals surface area (Å²) in [6.45, 7) is 4.04. The Balaban J connectivity index is 0.00000103. The number of unbranched alkanes of at least 4 members (excludes halogenated alkanes) is 15. The maximum atomic E-state index is 9.75. The van der Waals surface area contributed by atoms with E-state index in [2.05, 4.69) is 65.5 Å². The summed E-state index contributed by atoms with van der Waals surface area (Å²) in [4.78, 5) is 0. The molecule has 0 aliphatic carbocycles. The molecule has 0 aliphatic rings. The molecule has 40 heavy (non-hydrogen) atoms. The van der Waals surface area contributed by atoms with Crippen LogP contribution in [-0.2, 0) is 6.54 Å². The van der Waals surface area contributed by atoms with Gasteiger partial charge in [-0.15, -0.1) is 0 Å². The van der Waals surface area contributed by atoms with Gasteiger partial charge in [0.05, 0.1) is 6.61 Å². The Morgan fingerprint density at radius 2 is 1.12 bits per heavy atom. The number of rotatable bonds is 20. The number of thiazole rings is 1. The van der Waals surface area contributed by atoms with Crippen molar-refractivity contribution in [2.45, 2.75) is 116 Å². The third kappa shape index (κ3) is 16.9. The molecule has 1 heterocycles. The predicted octanol–water partition coefficient (Wildman–Crippen LogP) is 11.2. The first-order chi connectivity index (χ1) is 19.4. The lowest BCUT2D eigenvalue weighted by Gasteiger charge is -2.07. The highest BCUT2D eigenvalue weighted by molar-refractivity contribution is 7.16. The molecule has 0 aliphatic heterocycles. The van der Waals surface area contributed by atoms with Gasteiger partial charge >= 0.3 is 7.25 Å². The molecule has 8 heteroatoms. The first kappa shape index (κ1) is 34.1. The van der Waals surface area contributed by atoms with Gasteiger partial charge in [-0.3, -0.25) is 0 Å². The van der Waals surface area contributed by atoms with Crippen molar-refractivity contribution in [2.24, 2.45) is 0 Å². The number of fused-ring (bicyclic) bond motifs is 1. The molecule has 3 aromatic rings. The molecule has 0 bridgehead atoms. The topological polar surface area (TPSA) is 13.1 Å². The fraction of sp³-hybridized carbons (Fsp3) is 0.594. The summed E-state index contributed by atoms with van der Waals surface area (Å²) < 4.78 is 48.6. The van der Waals surface area contributed by atoms with Crippen molar-refractivity contribution in [1.29, 1.82) is 0 Å². The van der Waals surface area contributed by atoms with Crippen molar-refractivity contribution in [3.8, 4) is 5.75 Å². The first-order valence-electron chi connectivity index (χ1n) is 15.3. The van der Waals surface area contributed by atoms with Crippen LogP contribution in [0.25, 0.3) is 10.2 Å². The van der Waals surface area contributed by atoms with Gasteiger partial charge in [0.25, 0.3) is 0 Å². The van der Waals surface area contributed by atoms with E-state index in [-0.39, 0.29) is 0 Å². The van der Waals surface area contributed by atoms with Crippen molar-refractivity contribution in [3.63, 3.8) is 0 Å². The Labute approximate surface area is 243 Å². The SMILES string of the molecule is CCCCCCCCCCCCCCCCCCOc1ccc(C[n+]2csc3ccccc32)cc1.F[B-](F)(F)F. The molecule has 2 nitrogen and oxygen atoms in total. The Morgan fingerprint density at radius 1 is 0.650 bits per heavy atom. The normalized spacial score (nSPS) is 11.4. The summed E-state index contributed by atoms with van der Waals surface area (Å²) in [5, 5.41) is 0. The number of benzene rings is 2. The minimum atomic E-state index is -6.00. The molecule has 0 fully saturated rings. The van der Waals surface area contributed by atoms with E-state index in [9.17, 15) is 17.3 Å². The fourth-order valence-electron chi connectivity index (χ4n) is 4.82. The van der Waals surface area contributed by atoms with Crippen LogP contribution in [0, 0.1) is 0 Å². The molecule has 0 saturated heterocycles. The zero-order chi connectivity index (χ0) is 28.9. The first-order valence-corrected chi connectivity index (χ1v) is 16.2. The van der Waals surface area contributed by atoms with Gasteiger partial charge < -0.3 is 22.0 Å². The second kappa shape index (κ2) is 20.7. The van der Waals surface area contributed by atoms with E-state index < -0.39 is 7.25 Å². The highest BCUT2D eigenvalue weighted by Crippen LogP contribution is 2.18. The summed E-state index contributed by atoms with van der Waals surface area (Å²) in [5.41, 5.74) is 4.83. The highest BCUT2D eigenvalue weighted by atomic mass is 32.1. The molecule has 0 unspecified atom stereocenters. The van der Waals surface area contributed by atoms with Gasteiger partial charge in [-0.2, -0.15) is 4.57 Å². The molecule has 0 saturated carbocycles. The largest absolute Gasteiger partial charge is 0.673 e. The Bertz CT molecular complexity index is 1020. The van der Waals surface area contributed by atoms with Crippen LogP contribution < -0.4 is 9.30 Å². The van der Waals surface area contributed by atoms with Crippen molar-refractivity contribution < 1.29 is 26.6 Å². The minimum Gasteiger partial charge on any atom is -0.494 e. The smallest absolute Gasteiger partial charge is 0.494 e. The zero-order valence-corrected chi connectivity index (χ0v) is 25.1. The number of hydrogen-bond acceptors (Lipinski definition) is 2. The Morgan fingerprint density at radius 3 is 1.65 bits per heavy atom.